The molecule has 0 radical (unpaired) electrons. The van der Waals surface area contributed by atoms with E-state index in [2.05, 4.69) is 16.0 Å². The van der Waals surface area contributed by atoms with Gasteiger partial charge in [-0.3, -0.25) is 19.2 Å². The molecule has 4 unspecified atom stereocenters. The monoisotopic (exact) mass is 486 g/mol. The molecule has 0 saturated heterocycles. The molecule has 11 heteroatoms. The van der Waals surface area contributed by atoms with Crippen LogP contribution in [-0.4, -0.2) is 69.8 Å². The lowest BCUT2D eigenvalue weighted by atomic mass is 10.0. The summed E-state index contributed by atoms with van der Waals surface area (Å²) in [6.07, 6.45) is 0.176. The molecule has 35 heavy (non-hydrogen) atoms. The van der Waals surface area contributed by atoms with Crippen molar-refractivity contribution in [2.75, 3.05) is 6.61 Å². The molecule has 2 rings (SSSR count). The van der Waals surface area contributed by atoms with Gasteiger partial charge in [0.1, 0.15) is 23.9 Å². The zero-order valence-corrected chi connectivity index (χ0v) is 19.2. The summed E-state index contributed by atoms with van der Waals surface area (Å²) in [6, 6.07) is 10.1. The molecule has 0 aliphatic heterocycles. The number of carboxylic acids is 1. The maximum Gasteiger partial charge on any atom is 0.325 e. The van der Waals surface area contributed by atoms with Crippen molar-refractivity contribution >= 4 is 23.7 Å². The van der Waals surface area contributed by atoms with Crippen molar-refractivity contribution in [3.05, 3.63) is 65.7 Å². The maximum atomic E-state index is 12.8. The number of hydrogen-bond acceptors (Lipinski definition) is 7. The van der Waals surface area contributed by atoms with Crippen LogP contribution in [0.4, 0.5) is 0 Å². The molecular weight excluding hydrogens is 456 g/mol. The van der Waals surface area contributed by atoms with Gasteiger partial charge in [0, 0.05) is 6.42 Å². The van der Waals surface area contributed by atoms with Gasteiger partial charge in [-0.2, -0.15) is 0 Å². The van der Waals surface area contributed by atoms with Crippen molar-refractivity contribution in [3.8, 4) is 5.75 Å². The minimum Gasteiger partial charge on any atom is -0.508 e. The van der Waals surface area contributed by atoms with Gasteiger partial charge in [0.25, 0.3) is 0 Å². The number of carboxylic acid groups (broad SMARTS) is 1. The van der Waals surface area contributed by atoms with Gasteiger partial charge < -0.3 is 37.0 Å². The molecule has 0 aromatic heterocycles. The third kappa shape index (κ3) is 8.72. The summed E-state index contributed by atoms with van der Waals surface area (Å²) in [5, 5.41) is 35.3. The van der Waals surface area contributed by atoms with Crippen molar-refractivity contribution in [2.24, 2.45) is 5.73 Å². The number of aliphatic hydroxyl groups is 1. The maximum absolute atomic E-state index is 12.8. The summed E-state index contributed by atoms with van der Waals surface area (Å²) in [6.45, 7) is 0.513. The fraction of sp³-hybridized carbons (Fsp3) is 0.333. The lowest BCUT2D eigenvalue weighted by molar-refractivity contribution is -0.141. The van der Waals surface area contributed by atoms with E-state index in [1.54, 1.807) is 24.3 Å². The molecule has 0 saturated carbocycles. The van der Waals surface area contributed by atoms with E-state index in [0.717, 1.165) is 5.56 Å². The molecule has 0 spiro atoms. The van der Waals surface area contributed by atoms with E-state index >= 15 is 0 Å². The molecule has 0 bridgehead atoms. The van der Waals surface area contributed by atoms with Crippen LogP contribution < -0.4 is 21.7 Å². The first-order valence-corrected chi connectivity index (χ1v) is 10.9. The molecule has 2 aromatic carbocycles. The van der Waals surface area contributed by atoms with Crippen molar-refractivity contribution in [1.82, 2.24) is 16.0 Å². The largest absolute Gasteiger partial charge is 0.508 e. The highest BCUT2D eigenvalue weighted by Crippen LogP contribution is 2.12. The first-order chi connectivity index (χ1) is 16.6. The average Bonchev–Trinajstić information content (AvgIpc) is 2.83. The number of nitrogens with one attached hydrogen (secondary N) is 3. The van der Waals surface area contributed by atoms with Crippen LogP contribution in [0.3, 0.4) is 0 Å². The quantitative estimate of drug-likeness (QED) is 0.200. The van der Waals surface area contributed by atoms with Crippen LogP contribution >= 0.6 is 0 Å². The van der Waals surface area contributed by atoms with Gasteiger partial charge in [0.2, 0.25) is 17.7 Å². The Bertz CT molecular complexity index is 1010. The lowest BCUT2D eigenvalue weighted by Gasteiger charge is -2.24. The molecule has 0 aliphatic carbocycles. The Morgan fingerprint density at radius 2 is 1.34 bits per heavy atom. The topological polar surface area (TPSA) is 191 Å². The number of carbonyl (C=O) groups excluding carboxylic acids is 3. The molecule has 188 valence electrons. The zero-order valence-electron chi connectivity index (χ0n) is 19.2. The second kappa shape index (κ2) is 13.1. The van der Waals surface area contributed by atoms with Crippen molar-refractivity contribution < 1.29 is 34.5 Å². The highest BCUT2D eigenvalue weighted by atomic mass is 16.4. The number of benzene rings is 2. The van der Waals surface area contributed by atoms with E-state index in [4.69, 9.17) is 10.8 Å². The number of amides is 3. The number of rotatable bonds is 12. The Morgan fingerprint density at radius 3 is 1.91 bits per heavy atom. The smallest absolute Gasteiger partial charge is 0.325 e. The summed E-state index contributed by atoms with van der Waals surface area (Å²) in [5.74, 6) is -3.55. The summed E-state index contributed by atoms with van der Waals surface area (Å²) < 4.78 is 0. The number of aliphatic carboxylic acids is 1. The normalized spacial score (nSPS) is 14.1. The van der Waals surface area contributed by atoms with Gasteiger partial charge in [0.15, 0.2) is 0 Å². The third-order valence-corrected chi connectivity index (χ3v) is 5.19. The van der Waals surface area contributed by atoms with Crippen molar-refractivity contribution in [2.45, 2.75) is 43.9 Å². The Labute approximate surface area is 202 Å². The number of nitrogens with two attached hydrogens (primary N) is 1. The second-order valence-electron chi connectivity index (χ2n) is 8.04. The van der Waals surface area contributed by atoms with Crippen LogP contribution in [0.5, 0.6) is 5.75 Å². The third-order valence-electron chi connectivity index (χ3n) is 5.19. The van der Waals surface area contributed by atoms with E-state index in [-0.39, 0.29) is 18.6 Å². The Morgan fingerprint density at radius 1 is 0.800 bits per heavy atom. The van der Waals surface area contributed by atoms with Crippen LogP contribution in [0.2, 0.25) is 0 Å². The SMILES string of the molecule is CC(NC(=O)C(Cc1ccc(O)cc1)NC(=O)C(CO)NC(=O)C(N)Cc1ccccc1)C(=O)O. The summed E-state index contributed by atoms with van der Waals surface area (Å²) in [4.78, 5) is 49.1. The molecule has 4 atom stereocenters. The highest BCUT2D eigenvalue weighted by Gasteiger charge is 2.29. The predicted octanol–water partition coefficient (Wildman–Crippen LogP) is -0.944. The van der Waals surface area contributed by atoms with E-state index in [9.17, 15) is 29.4 Å². The fourth-order valence-electron chi connectivity index (χ4n) is 3.16. The van der Waals surface area contributed by atoms with Crippen LogP contribution in [-0.2, 0) is 32.0 Å². The first kappa shape index (κ1) is 27.3. The first-order valence-electron chi connectivity index (χ1n) is 10.9. The lowest BCUT2D eigenvalue weighted by Crippen LogP contribution is -2.58. The Kier molecular flexibility index (Phi) is 10.2. The van der Waals surface area contributed by atoms with Gasteiger partial charge in [-0.1, -0.05) is 42.5 Å². The van der Waals surface area contributed by atoms with Crippen LogP contribution in [0.25, 0.3) is 0 Å². The highest BCUT2D eigenvalue weighted by molar-refractivity contribution is 5.94. The minimum absolute atomic E-state index is 0.00758. The summed E-state index contributed by atoms with van der Waals surface area (Å²) in [5.41, 5.74) is 7.32. The summed E-state index contributed by atoms with van der Waals surface area (Å²) in [7, 11) is 0. The molecule has 8 N–H and O–H groups in total. The number of aliphatic hydroxyl groups excluding tert-OH is 1. The van der Waals surface area contributed by atoms with Gasteiger partial charge in [-0.05, 0) is 36.6 Å². The van der Waals surface area contributed by atoms with Gasteiger partial charge in [-0.15, -0.1) is 0 Å². The Hall–Kier alpha value is -3.96. The standard InChI is InChI=1S/C24H30N4O7/c1-14(24(34)35)26-22(32)19(12-16-7-9-17(30)10-8-16)27-23(33)20(13-29)28-21(31)18(25)11-15-5-3-2-4-6-15/h2-10,14,18-20,29-30H,11-13,25H2,1H3,(H,26,32)(H,27,33)(H,28,31)(H,34,35). The molecule has 0 aliphatic rings. The average molecular weight is 487 g/mol. The van der Waals surface area contributed by atoms with E-state index in [1.165, 1.54) is 31.2 Å². The molecule has 2 aromatic rings. The second-order valence-corrected chi connectivity index (χ2v) is 8.04. The van der Waals surface area contributed by atoms with Gasteiger partial charge in [0.05, 0.1) is 12.6 Å². The minimum atomic E-state index is -1.39. The van der Waals surface area contributed by atoms with Crippen molar-refractivity contribution in [1.29, 1.82) is 0 Å². The van der Waals surface area contributed by atoms with E-state index in [0.29, 0.717) is 5.56 Å². The van der Waals surface area contributed by atoms with Gasteiger partial charge in [-0.25, -0.2) is 0 Å². The van der Waals surface area contributed by atoms with Crippen LogP contribution in [0.15, 0.2) is 54.6 Å². The van der Waals surface area contributed by atoms with Crippen LogP contribution in [0.1, 0.15) is 18.1 Å². The molecule has 0 heterocycles. The Balaban J connectivity index is 2.09. The fourth-order valence-corrected chi connectivity index (χ4v) is 3.16. The number of phenolic OH excluding ortho intramolecular Hbond substituents is 1. The number of phenols is 1. The van der Waals surface area contributed by atoms with Crippen molar-refractivity contribution in [3.63, 3.8) is 0 Å². The van der Waals surface area contributed by atoms with Gasteiger partial charge >= 0.3 is 5.97 Å². The molecule has 11 nitrogen and oxygen atoms in total. The predicted molar refractivity (Wildman–Crippen MR) is 126 cm³/mol. The number of hydrogen-bond donors (Lipinski definition) is 7. The summed E-state index contributed by atoms with van der Waals surface area (Å²) >= 11 is 0. The van der Waals surface area contributed by atoms with E-state index < -0.39 is 54.5 Å². The van der Waals surface area contributed by atoms with E-state index in [1.807, 2.05) is 6.07 Å². The molecule has 3 amide bonds. The van der Waals surface area contributed by atoms with Crippen LogP contribution in [0, 0.1) is 0 Å². The number of carbonyl (C=O) groups is 4. The molecule has 0 fully saturated rings. The number of aromatic hydroxyl groups is 1. The zero-order chi connectivity index (χ0) is 26.0. The molecular formula is C24H30N4O7.